The molecular formula is C15H29N3. The molecule has 1 aromatic heterocycles. The van der Waals surface area contributed by atoms with Crippen molar-refractivity contribution >= 4 is 0 Å². The lowest BCUT2D eigenvalue weighted by Crippen LogP contribution is -2.06. The Balaban J connectivity index is 2.00. The standard InChI is InChI=1S/C15H29N3/c1-14(2)15-12-17-18(13-15)11-9-7-5-4-6-8-10-16-3/h12-14,16H,4-11H2,1-3H3. The summed E-state index contributed by atoms with van der Waals surface area (Å²) in [5.74, 6) is 0.589. The first-order chi connectivity index (χ1) is 8.74. The SMILES string of the molecule is CNCCCCCCCCn1cc(C(C)C)cn1. The van der Waals surface area contributed by atoms with E-state index in [4.69, 9.17) is 0 Å². The summed E-state index contributed by atoms with van der Waals surface area (Å²) in [7, 11) is 2.02. The summed E-state index contributed by atoms with van der Waals surface area (Å²) >= 11 is 0. The second-order valence-corrected chi connectivity index (χ2v) is 5.42. The maximum atomic E-state index is 4.40. The van der Waals surface area contributed by atoms with Crippen molar-refractivity contribution in [3.05, 3.63) is 18.0 Å². The Labute approximate surface area is 112 Å². The maximum Gasteiger partial charge on any atom is 0.0524 e. The van der Waals surface area contributed by atoms with E-state index in [9.17, 15) is 0 Å². The molecule has 0 saturated heterocycles. The summed E-state index contributed by atoms with van der Waals surface area (Å²) < 4.78 is 2.09. The zero-order chi connectivity index (χ0) is 13.2. The van der Waals surface area contributed by atoms with Crippen molar-refractivity contribution < 1.29 is 0 Å². The molecule has 0 aromatic carbocycles. The molecule has 0 aliphatic rings. The van der Waals surface area contributed by atoms with Crippen molar-refractivity contribution in [1.82, 2.24) is 15.1 Å². The molecule has 1 rings (SSSR count). The van der Waals surface area contributed by atoms with Gasteiger partial charge in [0.15, 0.2) is 0 Å². The second kappa shape index (κ2) is 9.15. The van der Waals surface area contributed by atoms with Gasteiger partial charge in [-0.25, -0.2) is 0 Å². The van der Waals surface area contributed by atoms with Gasteiger partial charge in [-0.2, -0.15) is 5.10 Å². The largest absolute Gasteiger partial charge is 0.320 e. The van der Waals surface area contributed by atoms with Crippen LogP contribution in [-0.2, 0) is 6.54 Å². The molecule has 0 aliphatic carbocycles. The van der Waals surface area contributed by atoms with Gasteiger partial charge in [-0.05, 0) is 37.9 Å². The molecule has 0 atom stereocenters. The molecule has 3 heteroatoms. The molecule has 0 fully saturated rings. The van der Waals surface area contributed by atoms with Gasteiger partial charge < -0.3 is 5.32 Å². The van der Waals surface area contributed by atoms with Crippen molar-refractivity contribution in [2.45, 2.75) is 64.8 Å². The van der Waals surface area contributed by atoms with Gasteiger partial charge in [0.05, 0.1) is 6.20 Å². The first kappa shape index (κ1) is 15.2. The summed E-state index contributed by atoms with van der Waals surface area (Å²) in [4.78, 5) is 0. The Morgan fingerprint density at radius 3 is 2.39 bits per heavy atom. The van der Waals surface area contributed by atoms with Crippen LogP contribution in [0.5, 0.6) is 0 Å². The summed E-state index contributed by atoms with van der Waals surface area (Å²) in [5, 5.41) is 7.60. The lowest BCUT2D eigenvalue weighted by molar-refractivity contribution is 0.521. The number of unbranched alkanes of at least 4 members (excludes halogenated alkanes) is 5. The summed E-state index contributed by atoms with van der Waals surface area (Å²) in [6, 6.07) is 0. The van der Waals surface area contributed by atoms with Crippen LogP contribution in [0.1, 0.15) is 63.9 Å². The smallest absolute Gasteiger partial charge is 0.0524 e. The highest BCUT2D eigenvalue weighted by Crippen LogP contribution is 2.13. The van der Waals surface area contributed by atoms with E-state index >= 15 is 0 Å². The van der Waals surface area contributed by atoms with E-state index < -0.39 is 0 Å². The van der Waals surface area contributed by atoms with E-state index in [1.807, 2.05) is 13.2 Å². The molecule has 0 unspecified atom stereocenters. The minimum Gasteiger partial charge on any atom is -0.320 e. The van der Waals surface area contributed by atoms with Gasteiger partial charge in [0, 0.05) is 12.7 Å². The normalized spacial score (nSPS) is 11.3. The van der Waals surface area contributed by atoms with Crippen molar-refractivity contribution in [3.8, 4) is 0 Å². The number of rotatable bonds is 10. The van der Waals surface area contributed by atoms with Gasteiger partial charge in [0.25, 0.3) is 0 Å². The molecule has 1 N–H and O–H groups in total. The molecule has 0 spiro atoms. The van der Waals surface area contributed by atoms with E-state index in [1.165, 1.54) is 44.1 Å². The Kier molecular flexibility index (Phi) is 7.74. The van der Waals surface area contributed by atoms with Crippen molar-refractivity contribution in [2.24, 2.45) is 0 Å². The van der Waals surface area contributed by atoms with Gasteiger partial charge in [-0.3, -0.25) is 4.68 Å². The monoisotopic (exact) mass is 251 g/mol. The third-order valence-corrected chi connectivity index (χ3v) is 3.38. The van der Waals surface area contributed by atoms with Crippen LogP contribution in [0, 0.1) is 0 Å². The zero-order valence-corrected chi connectivity index (χ0v) is 12.3. The van der Waals surface area contributed by atoms with Crippen LogP contribution in [0.15, 0.2) is 12.4 Å². The van der Waals surface area contributed by atoms with Gasteiger partial charge in [-0.15, -0.1) is 0 Å². The van der Waals surface area contributed by atoms with E-state index in [0.29, 0.717) is 5.92 Å². The highest BCUT2D eigenvalue weighted by Gasteiger charge is 2.02. The first-order valence-electron chi connectivity index (χ1n) is 7.41. The van der Waals surface area contributed by atoms with Crippen LogP contribution in [0.4, 0.5) is 0 Å². The third kappa shape index (κ3) is 6.20. The summed E-state index contributed by atoms with van der Waals surface area (Å²) in [6.07, 6.45) is 12.2. The Morgan fingerprint density at radius 2 is 1.78 bits per heavy atom. The summed E-state index contributed by atoms with van der Waals surface area (Å²) in [6.45, 7) is 6.66. The van der Waals surface area contributed by atoms with E-state index in [-0.39, 0.29) is 0 Å². The van der Waals surface area contributed by atoms with Crippen LogP contribution >= 0.6 is 0 Å². The number of nitrogens with one attached hydrogen (secondary N) is 1. The predicted molar refractivity (Wildman–Crippen MR) is 77.9 cm³/mol. The molecule has 0 saturated carbocycles. The molecule has 3 nitrogen and oxygen atoms in total. The van der Waals surface area contributed by atoms with Crippen LogP contribution in [-0.4, -0.2) is 23.4 Å². The van der Waals surface area contributed by atoms with Crippen LogP contribution in [0.3, 0.4) is 0 Å². The van der Waals surface area contributed by atoms with Crippen molar-refractivity contribution in [1.29, 1.82) is 0 Å². The number of hydrogen-bond acceptors (Lipinski definition) is 2. The molecule has 1 aromatic rings. The molecule has 0 aliphatic heterocycles. The van der Waals surface area contributed by atoms with Crippen molar-refractivity contribution in [2.75, 3.05) is 13.6 Å². The Morgan fingerprint density at radius 1 is 1.11 bits per heavy atom. The van der Waals surface area contributed by atoms with Gasteiger partial charge in [-0.1, -0.05) is 39.5 Å². The quantitative estimate of drug-likeness (QED) is 0.644. The molecule has 0 radical (unpaired) electrons. The molecule has 104 valence electrons. The lowest BCUT2D eigenvalue weighted by Gasteiger charge is -2.03. The number of hydrogen-bond donors (Lipinski definition) is 1. The molecule has 0 bridgehead atoms. The Bertz CT molecular complexity index is 304. The van der Waals surface area contributed by atoms with E-state index in [1.54, 1.807) is 0 Å². The highest BCUT2D eigenvalue weighted by molar-refractivity contribution is 5.08. The second-order valence-electron chi connectivity index (χ2n) is 5.42. The Hall–Kier alpha value is -0.830. The fourth-order valence-corrected chi connectivity index (χ4v) is 2.08. The predicted octanol–water partition coefficient (Wildman–Crippen LogP) is 3.57. The van der Waals surface area contributed by atoms with Crippen LogP contribution in [0.25, 0.3) is 0 Å². The third-order valence-electron chi connectivity index (χ3n) is 3.38. The average molecular weight is 251 g/mol. The molecule has 1 heterocycles. The van der Waals surface area contributed by atoms with Crippen LogP contribution in [0.2, 0.25) is 0 Å². The number of aromatic nitrogens is 2. The lowest BCUT2D eigenvalue weighted by atomic mass is 10.1. The number of nitrogens with zero attached hydrogens (tertiary/aromatic N) is 2. The summed E-state index contributed by atoms with van der Waals surface area (Å²) in [5.41, 5.74) is 1.35. The van der Waals surface area contributed by atoms with E-state index in [2.05, 4.69) is 35.1 Å². The van der Waals surface area contributed by atoms with E-state index in [0.717, 1.165) is 13.1 Å². The molecule has 18 heavy (non-hydrogen) atoms. The van der Waals surface area contributed by atoms with Crippen molar-refractivity contribution in [3.63, 3.8) is 0 Å². The minimum absolute atomic E-state index is 0.589. The maximum absolute atomic E-state index is 4.40. The zero-order valence-electron chi connectivity index (χ0n) is 12.3. The van der Waals surface area contributed by atoms with Gasteiger partial charge >= 0.3 is 0 Å². The fraction of sp³-hybridized carbons (Fsp3) is 0.800. The topological polar surface area (TPSA) is 29.9 Å². The average Bonchev–Trinajstić information content (AvgIpc) is 2.81. The van der Waals surface area contributed by atoms with Gasteiger partial charge in [0.1, 0.15) is 0 Å². The number of aryl methyl sites for hydroxylation is 1. The minimum atomic E-state index is 0.589. The first-order valence-corrected chi connectivity index (χ1v) is 7.41. The van der Waals surface area contributed by atoms with Gasteiger partial charge in [0.2, 0.25) is 0 Å². The highest BCUT2D eigenvalue weighted by atomic mass is 15.3. The molecule has 0 amide bonds. The van der Waals surface area contributed by atoms with Crippen LogP contribution < -0.4 is 5.32 Å². The molecular weight excluding hydrogens is 222 g/mol. The fourth-order valence-electron chi connectivity index (χ4n) is 2.08.